The second-order valence-corrected chi connectivity index (χ2v) is 7.29. The van der Waals surface area contributed by atoms with Gasteiger partial charge in [0.15, 0.2) is 0 Å². The lowest BCUT2D eigenvalue weighted by atomic mass is 9.93. The van der Waals surface area contributed by atoms with Crippen LogP contribution in [-0.2, 0) is 6.42 Å². The van der Waals surface area contributed by atoms with E-state index in [2.05, 4.69) is 21.7 Å². The molecule has 0 bridgehead atoms. The zero-order chi connectivity index (χ0) is 16.9. The minimum absolute atomic E-state index is 0.113. The Morgan fingerprint density at radius 2 is 2.17 bits per heavy atom. The van der Waals surface area contributed by atoms with Crippen LogP contribution in [0.1, 0.15) is 33.5 Å². The Morgan fingerprint density at radius 1 is 1.33 bits per heavy atom. The molecule has 0 saturated heterocycles. The van der Waals surface area contributed by atoms with E-state index < -0.39 is 0 Å². The number of amides is 2. The maximum absolute atomic E-state index is 12.0. The highest BCUT2D eigenvalue weighted by molar-refractivity contribution is 7.11. The fourth-order valence-electron chi connectivity index (χ4n) is 3.00. The second kappa shape index (κ2) is 7.66. The number of hydrogen-bond donors (Lipinski definition) is 2. The van der Waals surface area contributed by atoms with E-state index in [1.54, 1.807) is 11.3 Å². The maximum Gasteiger partial charge on any atom is 0.314 e. The molecule has 6 heteroatoms. The summed E-state index contributed by atoms with van der Waals surface area (Å²) >= 11 is 1.70. The second-order valence-electron chi connectivity index (χ2n) is 6.00. The number of rotatable bonds is 5. The van der Waals surface area contributed by atoms with Gasteiger partial charge in [-0.2, -0.15) is 0 Å². The van der Waals surface area contributed by atoms with Crippen LogP contribution in [0.15, 0.2) is 24.3 Å². The SMILES string of the molecule is Cc1nc(C)c(CCNC(=O)NC[C@@H]2CCOc3ccccc32)s1. The van der Waals surface area contributed by atoms with Crippen molar-refractivity contribution in [1.82, 2.24) is 15.6 Å². The highest BCUT2D eigenvalue weighted by Gasteiger charge is 2.21. The van der Waals surface area contributed by atoms with E-state index in [4.69, 9.17) is 4.74 Å². The highest BCUT2D eigenvalue weighted by atomic mass is 32.1. The van der Waals surface area contributed by atoms with Crippen molar-refractivity contribution in [1.29, 1.82) is 0 Å². The fourth-order valence-corrected chi connectivity index (χ4v) is 3.94. The van der Waals surface area contributed by atoms with E-state index in [-0.39, 0.29) is 6.03 Å². The van der Waals surface area contributed by atoms with E-state index in [0.717, 1.165) is 29.3 Å². The van der Waals surface area contributed by atoms with Gasteiger partial charge in [-0.1, -0.05) is 18.2 Å². The van der Waals surface area contributed by atoms with Gasteiger partial charge in [0.2, 0.25) is 0 Å². The number of hydrogen-bond acceptors (Lipinski definition) is 4. The number of aromatic nitrogens is 1. The van der Waals surface area contributed by atoms with Gasteiger partial charge < -0.3 is 15.4 Å². The topological polar surface area (TPSA) is 63.2 Å². The van der Waals surface area contributed by atoms with Crippen molar-refractivity contribution in [3.8, 4) is 5.75 Å². The van der Waals surface area contributed by atoms with Gasteiger partial charge in [-0.15, -0.1) is 11.3 Å². The van der Waals surface area contributed by atoms with Crippen LogP contribution in [0.4, 0.5) is 4.79 Å². The Morgan fingerprint density at radius 3 is 2.96 bits per heavy atom. The van der Waals surface area contributed by atoms with Gasteiger partial charge in [0.1, 0.15) is 5.75 Å². The molecule has 3 rings (SSSR count). The fraction of sp³-hybridized carbons (Fsp3) is 0.444. The molecule has 24 heavy (non-hydrogen) atoms. The third kappa shape index (κ3) is 4.06. The Kier molecular flexibility index (Phi) is 5.35. The molecule has 2 amide bonds. The van der Waals surface area contributed by atoms with E-state index in [9.17, 15) is 4.79 Å². The lowest BCUT2D eigenvalue weighted by molar-refractivity contribution is 0.235. The highest BCUT2D eigenvalue weighted by Crippen LogP contribution is 2.32. The molecule has 0 unspecified atom stereocenters. The molecule has 1 atom stereocenters. The Bertz CT molecular complexity index is 714. The average Bonchev–Trinajstić information content (AvgIpc) is 2.90. The number of thiazole rings is 1. The largest absolute Gasteiger partial charge is 0.493 e. The molecule has 0 saturated carbocycles. The van der Waals surface area contributed by atoms with Crippen LogP contribution in [0.3, 0.4) is 0 Å². The van der Waals surface area contributed by atoms with Crippen molar-refractivity contribution in [2.45, 2.75) is 32.6 Å². The molecule has 2 N–H and O–H groups in total. The quantitative estimate of drug-likeness (QED) is 0.875. The van der Waals surface area contributed by atoms with Gasteiger partial charge in [-0.3, -0.25) is 0 Å². The summed E-state index contributed by atoms with van der Waals surface area (Å²) in [6, 6.07) is 7.94. The summed E-state index contributed by atoms with van der Waals surface area (Å²) in [5.74, 6) is 1.25. The molecule has 0 radical (unpaired) electrons. The number of nitrogens with zero attached hydrogens (tertiary/aromatic N) is 1. The van der Waals surface area contributed by atoms with Crippen LogP contribution < -0.4 is 15.4 Å². The molecular weight excluding hydrogens is 322 g/mol. The van der Waals surface area contributed by atoms with E-state index in [1.165, 1.54) is 10.4 Å². The standard InChI is InChI=1S/C18H23N3O2S/c1-12-17(24-13(2)21-12)7-9-19-18(22)20-11-14-8-10-23-16-6-4-3-5-15(14)16/h3-6,14H,7-11H2,1-2H3,(H2,19,20,22)/t14-/m0/s1. The van der Waals surface area contributed by atoms with Crippen LogP contribution >= 0.6 is 11.3 Å². The predicted molar refractivity (Wildman–Crippen MR) is 96.0 cm³/mol. The summed E-state index contributed by atoms with van der Waals surface area (Å²) in [5, 5.41) is 6.98. The summed E-state index contributed by atoms with van der Waals surface area (Å²) < 4.78 is 5.65. The van der Waals surface area contributed by atoms with Crippen molar-refractivity contribution < 1.29 is 9.53 Å². The third-order valence-electron chi connectivity index (χ3n) is 4.23. The van der Waals surface area contributed by atoms with Gasteiger partial charge in [-0.25, -0.2) is 9.78 Å². The lowest BCUT2D eigenvalue weighted by Crippen LogP contribution is -2.39. The maximum atomic E-state index is 12.0. The Labute approximate surface area is 146 Å². The molecule has 1 aromatic heterocycles. The minimum atomic E-state index is -0.113. The van der Waals surface area contributed by atoms with E-state index >= 15 is 0 Å². The number of benzene rings is 1. The molecule has 0 spiro atoms. The molecule has 0 aliphatic carbocycles. The molecule has 1 aliphatic heterocycles. The normalized spacial score (nSPS) is 16.2. The Balaban J connectivity index is 1.44. The summed E-state index contributed by atoms with van der Waals surface area (Å²) in [5.41, 5.74) is 2.25. The number of carbonyl (C=O) groups is 1. The van der Waals surface area contributed by atoms with Crippen molar-refractivity contribution in [2.24, 2.45) is 0 Å². The molecular formula is C18H23N3O2S. The van der Waals surface area contributed by atoms with Crippen molar-refractivity contribution in [3.63, 3.8) is 0 Å². The Hall–Kier alpha value is -2.08. The first-order chi connectivity index (χ1) is 11.6. The summed E-state index contributed by atoms with van der Waals surface area (Å²) in [4.78, 5) is 17.7. The minimum Gasteiger partial charge on any atom is -0.493 e. The van der Waals surface area contributed by atoms with Gasteiger partial charge in [0.05, 0.1) is 17.3 Å². The van der Waals surface area contributed by atoms with Gasteiger partial charge in [0.25, 0.3) is 0 Å². The van der Waals surface area contributed by atoms with Gasteiger partial charge in [-0.05, 0) is 31.9 Å². The van der Waals surface area contributed by atoms with E-state index in [1.807, 2.05) is 32.0 Å². The average molecular weight is 345 g/mol. The van der Waals surface area contributed by atoms with Crippen LogP contribution in [0.5, 0.6) is 5.75 Å². The molecule has 1 aliphatic rings. The summed E-state index contributed by atoms with van der Waals surface area (Å²) in [6.07, 6.45) is 1.75. The third-order valence-corrected chi connectivity index (χ3v) is 5.36. The monoisotopic (exact) mass is 345 g/mol. The number of para-hydroxylation sites is 1. The number of fused-ring (bicyclic) bond motifs is 1. The number of urea groups is 1. The molecule has 2 heterocycles. The number of carbonyl (C=O) groups excluding carboxylic acids is 1. The van der Waals surface area contributed by atoms with Crippen molar-refractivity contribution in [2.75, 3.05) is 19.7 Å². The predicted octanol–water partition coefficient (Wildman–Crippen LogP) is 3.17. The summed E-state index contributed by atoms with van der Waals surface area (Å²) in [6.45, 7) is 5.98. The van der Waals surface area contributed by atoms with Gasteiger partial charge in [0, 0.05) is 30.3 Å². The van der Waals surface area contributed by atoms with Crippen LogP contribution in [0, 0.1) is 13.8 Å². The zero-order valence-electron chi connectivity index (χ0n) is 14.1. The van der Waals surface area contributed by atoms with Gasteiger partial charge >= 0.3 is 6.03 Å². The molecule has 128 valence electrons. The smallest absolute Gasteiger partial charge is 0.314 e. The van der Waals surface area contributed by atoms with Crippen LogP contribution in [0.25, 0.3) is 0 Å². The zero-order valence-corrected chi connectivity index (χ0v) is 14.9. The van der Waals surface area contributed by atoms with Crippen molar-refractivity contribution >= 4 is 17.4 Å². The first kappa shape index (κ1) is 16.8. The summed E-state index contributed by atoms with van der Waals surface area (Å²) in [7, 11) is 0. The molecule has 1 aromatic carbocycles. The lowest BCUT2D eigenvalue weighted by Gasteiger charge is -2.26. The number of nitrogens with one attached hydrogen (secondary N) is 2. The first-order valence-electron chi connectivity index (χ1n) is 8.30. The first-order valence-corrected chi connectivity index (χ1v) is 9.11. The van der Waals surface area contributed by atoms with E-state index in [0.29, 0.717) is 25.6 Å². The molecule has 5 nitrogen and oxygen atoms in total. The number of aryl methyl sites for hydroxylation is 2. The number of ether oxygens (including phenoxy) is 1. The van der Waals surface area contributed by atoms with Crippen LogP contribution in [0.2, 0.25) is 0 Å². The van der Waals surface area contributed by atoms with Crippen molar-refractivity contribution in [3.05, 3.63) is 45.4 Å². The molecule has 2 aromatic rings. The molecule has 0 fully saturated rings. The van der Waals surface area contributed by atoms with Crippen LogP contribution in [-0.4, -0.2) is 30.7 Å².